The molecule has 5 rings (SSSR count). The van der Waals surface area contributed by atoms with Gasteiger partial charge in [-0.15, -0.1) is 21.5 Å². The van der Waals surface area contributed by atoms with Crippen LogP contribution in [0.4, 0.5) is 0 Å². The van der Waals surface area contributed by atoms with E-state index in [4.69, 9.17) is 4.98 Å². The lowest BCUT2D eigenvalue weighted by Gasteiger charge is -2.33. The molecule has 7 nitrogen and oxygen atoms in total. The maximum absolute atomic E-state index is 13.0. The highest BCUT2D eigenvalue weighted by atomic mass is 32.1. The molecular weight excluding hydrogens is 356 g/mol. The molecule has 0 bridgehead atoms. The third-order valence-electron chi connectivity index (χ3n) is 4.27. The Hall–Kier alpha value is -2.65. The summed E-state index contributed by atoms with van der Waals surface area (Å²) >= 11 is 2.85. The Morgan fingerprint density at radius 2 is 2.24 bits per heavy atom. The van der Waals surface area contributed by atoms with E-state index in [0.717, 1.165) is 33.0 Å². The van der Waals surface area contributed by atoms with E-state index in [0.29, 0.717) is 11.6 Å². The molecule has 25 heavy (non-hydrogen) atoms. The summed E-state index contributed by atoms with van der Waals surface area (Å²) in [6, 6.07) is 7.69. The Labute approximate surface area is 150 Å². The summed E-state index contributed by atoms with van der Waals surface area (Å²) in [5.41, 5.74) is 4.44. The van der Waals surface area contributed by atoms with Gasteiger partial charge < -0.3 is 9.88 Å². The molecule has 1 N–H and O–H groups in total. The monoisotopic (exact) mass is 368 g/mol. The normalized spacial score (nSPS) is 17.0. The summed E-state index contributed by atoms with van der Waals surface area (Å²) in [4.78, 5) is 27.2. The lowest BCUT2D eigenvalue weighted by atomic mass is 10.0. The predicted octanol–water partition coefficient (Wildman–Crippen LogP) is 2.66. The number of nitrogens with zero attached hydrogens (tertiary/aromatic N) is 5. The summed E-state index contributed by atoms with van der Waals surface area (Å²) in [7, 11) is 0. The van der Waals surface area contributed by atoms with Crippen molar-refractivity contribution in [3.63, 3.8) is 0 Å². The maximum atomic E-state index is 13.0. The molecule has 0 aliphatic carbocycles. The van der Waals surface area contributed by atoms with Gasteiger partial charge in [0.15, 0.2) is 0 Å². The smallest absolute Gasteiger partial charge is 0.285 e. The first-order valence-electron chi connectivity index (χ1n) is 7.76. The zero-order chi connectivity index (χ0) is 16.8. The molecule has 1 aromatic carbocycles. The largest absolute Gasteiger partial charge is 0.348 e. The van der Waals surface area contributed by atoms with Crippen LogP contribution in [0.5, 0.6) is 0 Å². The summed E-state index contributed by atoms with van der Waals surface area (Å²) in [5.74, 6) is -0.125. The highest BCUT2D eigenvalue weighted by Crippen LogP contribution is 2.38. The van der Waals surface area contributed by atoms with E-state index in [-0.39, 0.29) is 11.9 Å². The van der Waals surface area contributed by atoms with Gasteiger partial charge in [-0.1, -0.05) is 23.5 Å². The molecule has 0 unspecified atom stereocenters. The molecule has 3 aromatic heterocycles. The Kier molecular flexibility index (Phi) is 3.35. The summed E-state index contributed by atoms with van der Waals surface area (Å²) in [6.45, 7) is 0.591. The zero-order valence-corrected chi connectivity index (χ0v) is 14.5. The van der Waals surface area contributed by atoms with Crippen LogP contribution in [0, 0.1) is 0 Å². The van der Waals surface area contributed by atoms with E-state index in [1.807, 2.05) is 24.3 Å². The van der Waals surface area contributed by atoms with Crippen LogP contribution in [0.15, 0.2) is 36.1 Å². The van der Waals surface area contributed by atoms with Gasteiger partial charge in [0.2, 0.25) is 5.01 Å². The number of para-hydroxylation sites is 1. The quantitative estimate of drug-likeness (QED) is 0.588. The number of benzene rings is 1. The average Bonchev–Trinajstić information content (AvgIpc) is 3.39. The van der Waals surface area contributed by atoms with Crippen molar-refractivity contribution in [2.75, 3.05) is 6.54 Å². The lowest BCUT2D eigenvalue weighted by molar-refractivity contribution is 0.0689. The molecule has 0 radical (unpaired) electrons. The first-order chi connectivity index (χ1) is 12.3. The van der Waals surface area contributed by atoms with Crippen LogP contribution in [0.25, 0.3) is 10.2 Å². The minimum atomic E-state index is -0.302. The minimum Gasteiger partial charge on any atom is -0.348 e. The first-order valence-corrected chi connectivity index (χ1v) is 9.45. The number of imidazole rings is 1. The molecule has 1 amide bonds. The molecule has 1 aliphatic rings. The second kappa shape index (κ2) is 5.71. The number of H-pyrrole nitrogens is 1. The molecule has 1 aliphatic heterocycles. The molecular formula is C16H12N6OS2. The zero-order valence-electron chi connectivity index (χ0n) is 12.9. The topological polar surface area (TPSA) is 87.7 Å². The van der Waals surface area contributed by atoms with E-state index in [1.165, 1.54) is 11.3 Å². The van der Waals surface area contributed by atoms with Crippen LogP contribution in [-0.4, -0.2) is 42.5 Å². The van der Waals surface area contributed by atoms with Crippen molar-refractivity contribution < 1.29 is 4.79 Å². The van der Waals surface area contributed by atoms with Crippen LogP contribution < -0.4 is 0 Å². The number of aromatic nitrogens is 5. The van der Waals surface area contributed by atoms with E-state index in [9.17, 15) is 4.79 Å². The summed E-state index contributed by atoms with van der Waals surface area (Å²) in [5, 5.41) is 8.99. The standard InChI is InChI=1S/C16H12N6OS2/c23-16(15-21-19-8-24-15)22-6-5-10-12(18-7-17-10)13(22)14-20-9-3-1-2-4-11(9)25-14/h1-4,7-8,13H,5-6H2,(H,17,18)/t13-/m0/s1. The SMILES string of the molecule is O=C(c1nncs1)N1CCc2[nH]cnc2[C@H]1c1nc2ccccc2s1. The molecule has 4 aromatic rings. The van der Waals surface area contributed by atoms with Gasteiger partial charge in [-0.3, -0.25) is 4.79 Å². The van der Waals surface area contributed by atoms with Crippen LogP contribution >= 0.6 is 22.7 Å². The second-order valence-corrected chi connectivity index (χ2v) is 7.58. The van der Waals surface area contributed by atoms with Crippen molar-refractivity contribution in [2.24, 2.45) is 0 Å². The van der Waals surface area contributed by atoms with Crippen LogP contribution in [0.1, 0.15) is 32.2 Å². The molecule has 124 valence electrons. The average molecular weight is 368 g/mol. The third kappa shape index (κ3) is 2.35. The Balaban J connectivity index is 1.64. The number of hydrogen-bond donors (Lipinski definition) is 1. The van der Waals surface area contributed by atoms with E-state index >= 15 is 0 Å². The molecule has 0 saturated heterocycles. The van der Waals surface area contributed by atoms with Crippen LogP contribution in [0.2, 0.25) is 0 Å². The highest BCUT2D eigenvalue weighted by Gasteiger charge is 2.37. The first kappa shape index (κ1) is 14.7. The van der Waals surface area contributed by atoms with Gasteiger partial charge in [-0.2, -0.15) is 0 Å². The maximum Gasteiger partial charge on any atom is 0.285 e. The van der Waals surface area contributed by atoms with Crippen molar-refractivity contribution >= 4 is 38.8 Å². The van der Waals surface area contributed by atoms with Crippen molar-refractivity contribution in [1.29, 1.82) is 0 Å². The Morgan fingerprint density at radius 3 is 3.08 bits per heavy atom. The fourth-order valence-corrected chi connectivity index (χ4v) is 4.73. The Morgan fingerprint density at radius 1 is 1.32 bits per heavy atom. The molecule has 0 spiro atoms. The number of rotatable bonds is 2. The van der Waals surface area contributed by atoms with E-state index in [2.05, 4.69) is 20.2 Å². The molecule has 0 fully saturated rings. The third-order valence-corrected chi connectivity index (χ3v) is 6.04. The number of nitrogens with one attached hydrogen (secondary N) is 1. The van der Waals surface area contributed by atoms with E-state index in [1.54, 1.807) is 28.1 Å². The van der Waals surface area contributed by atoms with Gasteiger partial charge >= 0.3 is 0 Å². The van der Waals surface area contributed by atoms with Crippen LogP contribution in [0.3, 0.4) is 0 Å². The summed E-state index contributed by atoms with van der Waals surface area (Å²) in [6.07, 6.45) is 2.42. The number of thiazole rings is 1. The Bertz CT molecular complexity index is 1020. The predicted molar refractivity (Wildman–Crippen MR) is 94.7 cm³/mol. The lowest BCUT2D eigenvalue weighted by Crippen LogP contribution is -2.40. The second-order valence-electron chi connectivity index (χ2n) is 5.68. The van der Waals surface area contributed by atoms with Gasteiger partial charge in [0.1, 0.15) is 16.6 Å². The number of hydrogen-bond acceptors (Lipinski definition) is 7. The molecule has 4 heterocycles. The van der Waals surface area contributed by atoms with Gasteiger partial charge in [0.25, 0.3) is 5.91 Å². The molecule has 1 atom stereocenters. The van der Waals surface area contributed by atoms with Gasteiger partial charge in [0, 0.05) is 18.7 Å². The number of amides is 1. The van der Waals surface area contributed by atoms with Crippen molar-refractivity contribution in [1.82, 2.24) is 30.0 Å². The van der Waals surface area contributed by atoms with Crippen molar-refractivity contribution in [2.45, 2.75) is 12.5 Å². The van der Waals surface area contributed by atoms with Crippen molar-refractivity contribution in [3.05, 3.63) is 57.5 Å². The fourth-order valence-electron chi connectivity index (χ4n) is 3.14. The summed E-state index contributed by atoms with van der Waals surface area (Å²) < 4.78 is 1.10. The fraction of sp³-hybridized carbons (Fsp3) is 0.188. The number of carbonyl (C=O) groups is 1. The molecule has 0 saturated carbocycles. The number of aromatic amines is 1. The van der Waals surface area contributed by atoms with Gasteiger partial charge in [0.05, 0.1) is 22.2 Å². The molecule has 9 heteroatoms. The highest BCUT2D eigenvalue weighted by molar-refractivity contribution is 7.18. The van der Waals surface area contributed by atoms with Crippen LogP contribution in [-0.2, 0) is 6.42 Å². The number of fused-ring (bicyclic) bond motifs is 2. The van der Waals surface area contributed by atoms with E-state index < -0.39 is 0 Å². The van der Waals surface area contributed by atoms with Gasteiger partial charge in [-0.25, -0.2) is 9.97 Å². The number of carbonyl (C=O) groups excluding carboxylic acids is 1. The minimum absolute atomic E-state index is 0.125. The van der Waals surface area contributed by atoms with Crippen molar-refractivity contribution in [3.8, 4) is 0 Å². The van der Waals surface area contributed by atoms with Gasteiger partial charge in [-0.05, 0) is 12.1 Å².